The van der Waals surface area contributed by atoms with Gasteiger partial charge in [-0.3, -0.25) is 0 Å². The minimum atomic E-state index is -0.891. The highest BCUT2D eigenvalue weighted by Crippen LogP contribution is 2.37. The third-order valence-electron chi connectivity index (χ3n) is 3.78. The van der Waals surface area contributed by atoms with E-state index in [4.69, 9.17) is 18.9 Å². The molecule has 0 amide bonds. The van der Waals surface area contributed by atoms with Crippen LogP contribution in [0, 0.1) is 6.92 Å². The lowest BCUT2D eigenvalue weighted by Crippen LogP contribution is -2.37. The van der Waals surface area contributed by atoms with Gasteiger partial charge in [-0.2, -0.15) is 0 Å². The number of hydrogen-bond acceptors (Lipinski definition) is 6. The van der Waals surface area contributed by atoms with Gasteiger partial charge in [-0.15, -0.1) is 0 Å². The van der Waals surface area contributed by atoms with Gasteiger partial charge in [0.2, 0.25) is 0 Å². The SMILES string of the molecule is Cc1ccc(C(=O)OC[C@@H]2O[C@H]3OC(C)(C)O[C@H]3[C@@H]2O)cc1. The van der Waals surface area contributed by atoms with Crippen molar-refractivity contribution >= 4 is 5.97 Å². The second-order valence-corrected chi connectivity index (χ2v) is 6.10. The van der Waals surface area contributed by atoms with Crippen molar-refractivity contribution in [1.82, 2.24) is 0 Å². The van der Waals surface area contributed by atoms with Gasteiger partial charge in [-0.05, 0) is 32.9 Å². The quantitative estimate of drug-likeness (QED) is 0.851. The van der Waals surface area contributed by atoms with E-state index >= 15 is 0 Å². The van der Waals surface area contributed by atoms with E-state index in [-0.39, 0.29) is 6.61 Å². The van der Waals surface area contributed by atoms with Crippen molar-refractivity contribution in [3.8, 4) is 0 Å². The number of fused-ring (bicyclic) bond motifs is 1. The van der Waals surface area contributed by atoms with Gasteiger partial charge in [-0.25, -0.2) is 4.79 Å². The molecule has 2 aliphatic rings. The number of aliphatic hydroxyl groups is 1. The molecule has 6 heteroatoms. The second kappa shape index (κ2) is 5.62. The van der Waals surface area contributed by atoms with Crippen molar-refractivity contribution in [3.63, 3.8) is 0 Å². The fourth-order valence-electron chi connectivity index (χ4n) is 2.63. The molecule has 0 saturated carbocycles. The number of carbonyl (C=O) groups is 1. The molecular formula is C16H20O6. The molecule has 1 aromatic rings. The van der Waals surface area contributed by atoms with Crippen LogP contribution in [0.15, 0.2) is 24.3 Å². The van der Waals surface area contributed by atoms with Crippen molar-refractivity contribution in [2.24, 2.45) is 0 Å². The maximum Gasteiger partial charge on any atom is 0.338 e. The fourth-order valence-corrected chi connectivity index (χ4v) is 2.63. The lowest BCUT2D eigenvalue weighted by molar-refractivity contribution is -0.218. The van der Waals surface area contributed by atoms with Crippen LogP contribution in [0.1, 0.15) is 29.8 Å². The molecule has 4 atom stereocenters. The Morgan fingerprint density at radius 3 is 2.59 bits per heavy atom. The Kier molecular flexibility index (Phi) is 3.94. The molecule has 2 aliphatic heterocycles. The smallest absolute Gasteiger partial charge is 0.338 e. The van der Waals surface area contributed by atoms with Crippen molar-refractivity contribution in [1.29, 1.82) is 0 Å². The third-order valence-corrected chi connectivity index (χ3v) is 3.78. The summed E-state index contributed by atoms with van der Waals surface area (Å²) >= 11 is 0. The van der Waals surface area contributed by atoms with E-state index in [1.807, 2.05) is 19.1 Å². The van der Waals surface area contributed by atoms with Crippen molar-refractivity contribution in [2.75, 3.05) is 6.61 Å². The Hall–Kier alpha value is -1.47. The summed E-state index contributed by atoms with van der Waals surface area (Å²) in [6, 6.07) is 7.08. The number of ether oxygens (including phenoxy) is 4. The Balaban J connectivity index is 1.55. The molecule has 1 aromatic carbocycles. The summed E-state index contributed by atoms with van der Waals surface area (Å²) in [5.41, 5.74) is 1.53. The molecule has 2 fully saturated rings. The molecule has 3 rings (SSSR count). The summed E-state index contributed by atoms with van der Waals surface area (Å²) in [6.45, 7) is 5.41. The molecule has 120 valence electrons. The number of benzene rings is 1. The summed E-state index contributed by atoms with van der Waals surface area (Å²) in [4.78, 5) is 11.9. The Bertz CT molecular complexity index is 552. The Labute approximate surface area is 128 Å². The van der Waals surface area contributed by atoms with E-state index < -0.39 is 36.4 Å². The standard InChI is InChI=1S/C16H20O6/c1-9-4-6-10(7-5-9)14(18)19-8-11-12(17)13-15(20-11)22-16(2,3)21-13/h4-7,11-13,15,17H,8H2,1-3H3/t11-,12+,13-,15-/m0/s1. The van der Waals surface area contributed by atoms with Gasteiger partial charge in [0.1, 0.15) is 24.9 Å². The zero-order valence-corrected chi connectivity index (χ0v) is 12.8. The maximum atomic E-state index is 11.9. The van der Waals surface area contributed by atoms with Crippen LogP contribution in [0.4, 0.5) is 0 Å². The highest BCUT2D eigenvalue weighted by atomic mass is 16.8. The third kappa shape index (κ3) is 3.01. The average molecular weight is 308 g/mol. The zero-order chi connectivity index (χ0) is 15.9. The molecule has 0 aromatic heterocycles. The minimum absolute atomic E-state index is 0.0476. The van der Waals surface area contributed by atoms with Gasteiger partial charge in [0.25, 0.3) is 0 Å². The van der Waals surface area contributed by atoms with Crippen LogP contribution in [-0.4, -0.2) is 48.1 Å². The van der Waals surface area contributed by atoms with E-state index in [2.05, 4.69) is 0 Å². The van der Waals surface area contributed by atoms with Gasteiger partial charge in [0.05, 0.1) is 5.56 Å². The first kappa shape index (κ1) is 15.4. The number of hydrogen-bond donors (Lipinski definition) is 1. The van der Waals surface area contributed by atoms with Crippen LogP contribution in [0.3, 0.4) is 0 Å². The lowest BCUT2D eigenvalue weighted by atomic mass is 10.1. The van der Waals surface area contributed by atoms with Gasteiger partial charge in [0.15, 0.2) is 12.1 Å². The Morgan fingerprint density at radius 1 is 1.27 bits per heavy atom. The molecule has 0 bridgehead atoms. The normalized spacial score (nSPS) is 32.7. The molecule has 6 nitrogen and oxygen atoms in total. The van der Waals surface area contributed by atoms with Crippen LogP contribution < -0.4 is 0 Å². The molecule has 0 spiro atoms. The minimum Gasteiger partial charge on any atom is -0.459 e. The molecule has 0 aliphatic carbocycles. The van der Waals surface area contributed by atoms with Crippen LogP contribution in [0.2, 0.25) is 0 Å². The molecule has 1 N–H and O–H groups in total. The average Bonchev–Trinajstić information content (AvgIpc) is 2.91. The predicted molar refractivity (Wildman–Crippen MR) is 76.2 cm³/mol. The molecular weight excluding hydrogens is 288 g/mol. The molecule has 22 heavy (non-hydrogen) atoms. The van der Waals surface area contributed by atoms with Crippen LogP contribution in [0.25, 0.3) is 0 Å². The van der Waals surface area contributed by atoms with Gasteiger partial charge >= 0.3 is 5.97 Å². The largest absolute Gasteiger partial charge is 0.459 e. The number of aliphatic hydroxyl groups excluding tert-OH is 1. The van der Waals surface area contributed by atoms with Crippen LogP contribution in [0.5, 0.6) is 0 Å². The summed E-state index contributed by atoms with van der Waals surface area (Å²) in [7, 11) is 0. The van der Waals surface area contributed by atoms with Gasteiger partial charge in [0, 0.05) is 0 Å². The van der Waals surface area contributed by atoms with Crippen molar-refractivity contribution in [2.45, 2.75) is 51.2 Å². The first-order valence-electron chi connectivity index (χ1n) is 7.29. The molecule has 2 heterocycles. The highest BCUT2D eigenvalue weighted by Gasteiger charge is 2.54. The molecule has 0 radical (unpaired) electrons. The first-order valence-corrected chi connectivity index (χ1v) is 7.29. The lowest BCUT2D eigenvalue weighted by Gasteiger charge is -2.22. The first-order chi connectivity index (χ1) is 10.4. The summed E-state index contributed by atoms with van der Waals surface area (Å²) < 4.78 is 21.9. The molecule has 0 unspecified atom stereocenters. The summed E-state index contributed by atoms with van der Waals surface area (Å²) in [5.74, 6) is -1.23. The monoisotopic (exact) mass is 308 g/mol. The topological polar surface area (TPSA) is 74.2 Å². The second-order valence-electron chi connectivity index (χ2n) is 6.10. The Morgan fingerprint density at radius 2 is 1.95 bits per heavy atom. The van der Waals surface area contributed by atoms with Crippen molar-refractivity contribution < 1.29 is 28.8 Å². The summed E-state index contributed by atoms with van der Waals surface area (Å²) in [5, 5.41) is 10.2. The van der Waals surface area contributed by atoms with Crippen LogP contribution in [-0.2, 0) is 18.9 Å². The number of esters is 1. The van der Waals surface area contributed by atoms with Crippen molar-refractivity contribution in [3.05, 3.63) is 35.4 Å². The van der Waals surface area contributed by atoms with Crippen LogP contribution >= 0.6 is 0 Å². The van der Waals surface area contributed by atoms with E-state index in [1.165, 1.54) is 0 Å². The van der Waals surface area contributed by atoms with E-state index in [1.54, 1.807) is 26.0 Å². The molecule has 2 saturated heterocycles. The fraction of sp³-hybridized carbons (Fsp3) is 0.562. The zero-order valence-electron chi connectivity index (χ0n) is 12.8. The van der Waals surface area contributed by atoms with Gasteiger partial charge < -0.3 is 24.1 Å². The van der Waals surface area contributed by atoms with E-state index in [0.29, 0.717) is 5.56 Å². The maximum absolute atomic E-state index is 11.9. The predicted octanol–water partition coefficient (Wildman–Crippen LogP) is 1.39. The number of rotatable bonds is 3. The number of carbonyl (C=O) groups excluding carboxylic acids is 1. The van der Waals surface area contributed by atoms with E-state index in [0.717, 1.165) is 5.56 Å². The van der Waals surface area contributed by atoms with Gasteiger partial charge in [-0.1, -0.05) is 17.7 Å². The number of aryl methyl sites for hydroxylation is 1. The highest BCUT2D eigenvalue weighted by molar-refractivity contribution is 5.89. The van der Waals surface area contributed by atoms with E-state index in [9.17, 15) is 9.90 Å². The summed E-state index contributed by atoms with van der Waals surface area (Å²) in [6.07, 6.45) is -2.73.